The van der Waals surface area contributed by atoms with Gasteiger partial charge in [0.2, 0.25) is 0 Å². The summed E-state index contributed by atoms with van der Waals surface area (Å²) < 4.78 is 5.28. The van der Waals surface area contributed by atoms with E-state index in [4.69, 9.17) is 10.5 Å². The van der Waals surface area contributed by atoms with Crippen molar-refractivity contribution >= 4 is 0 Å². The fraction of sp³-hybridized carbons (Fsp3) is 0.647. The van der Waals surface area contributed by atoms with Gasteiger partial charge >= 0.3 is 0 Å². The minimum Gasteiger partial charge on any atom is -0.497 e. The van der Waals surface area contributed by atoms with Crippen molar-refractivity contribution in [3.05, 3.63) is 29.3 Å². The number of hydrogen-bond donors (Lipinski definition) is 1. The predicted molar refractivity (Wildman–Crippen MR) is 76.0 cm³/mol. The highest BCUT2D eigenvalue weighted by Gasteiger charge is 2.66. The van der Waals surface area contributed by atoms with E-state index in [0.29, 0.717) is 0 Å². The maximum atomic E-state index is 6.59. The van der Waals surface area contributed by atoms with Gasteiger partial charge in [-0.25, -0.2) is 0 Å². The van der Waals surface area contributed by atoms with Crippen molar-refractivity contribution in [1.82, 2.24) is 0 Å². The van der Waals surface area contributed by atoms with Crippen molar-refractivity contribution in [2.45, 2.75) is 32.2 Å². The monoisotopic (exact) mass is 257 g/mol. The van der Waals surface area contributed by atoms with E-state index in [0.717, 1.165) is 35.3 Å². The fourth-order valence-corrected chi connectivity index (χ4v) is 5.23. The van der Waals surface area contributed by atoms with Gasteiger partial charge in [0, 0.05) is 6.04 Å². The summed E-state index contributed by atoms with van der Waals surface area (Å²) in [5, 5.41) is 0. The Kier molecular flexibility index (Phi) is 2.47. The molecule has 0 saturated heterocycles. The molecule has 2 N–H and O–H groups in total. The molecule has 19 heavy (non-hydrogen) atoms. The first-order chi connectivity index (χ1) is 9.20. The molecular formula is C17H23NO. The molecule has 2 bridgehead atoms. The second-order valence-corrected chi connectivity index (χ2v) is 6.81. The molecule has 5 unspecified atom stereocenters. The van der Waals surface area contributed by atoms with E-state index in [9.17, 15) is 0 Å². The van der Waals surface area contributed by atoms with Crippen LogP contribution in [0.4, 0.5) is 0 Å². The van der Waals surface area contributed by atoms with Crippen molar-refractivity contribution < 1.29 is 4.74 Å². The van der Waals surface area contributed by atoms with Gasteiger partial charge in [-0.05, 0) is 79.0 Å². The Labute approximate surface area is 115 Å². The molecule has 2 nitrogen and oxygen atoms in total. The molecule has 3 fully saturated rings. The lowest BCUT2D eigenvalue weighted by molar-refractivity contribution is 0.409. The first-order valence-electron chi connectivity index (χ1n) is 7.61. The van der Waals surface area contributed by atoms with Crippen LogP contribution in [0.2, 0.25) is 0 Å². The predicted octanol–water partition coefficient (Wildman–Crippen LogP) is 3.30. The van der Waals surface area contributed by atoms with Gasteiger partial charge < -0.3 is 10.5 Å². The summed E-state index contributed by atoms with van der Waals surface area (Å²) in [6.45, 7) is 2.16. The number of nitrogens with two attached hydrogens (primary N) is 1. The third-order valence-corrected chi connectivity index (χ3v) is 6.05. The Morgan fingerprint density at radius 1 is 1.21 bits per heavy atom. The molecule has 102 valence electrons. The summed E-state index contributed by atoms with van der Waals surface area (Å²) in [5.74, 6) is 5.61. The Morgan fingerprint density at radius 3 is 2.47 bits per heavy atom. The zero-order valence-corrected chi connectivity index (χ0v) is 11.8. The minimum absolute atomic E-state index is 0.240. The first kappa shape index (κ1) is 11.8. The van der Waals surface area contributed by atoms with E-state index in [1.165, 1.54) is 30.4 Å². The van der Waals surface area contributed by atoms with E-state index in [1.807, 2.05) is 0 Å². The van der Waals surface area contributed by atoms with Crippen molar-refractivity contribution in [3.8, 4) is 5.75 Å². The molecule has 3 aliphatic rings. The lowest BCUT2D eigenvalue weighted by Crippen LogP contribution is -2.18. The number of methoxy groups -OCH3 is 1. The summed E-state index contributed by atoms with van der Waals surface area (Å²) in [5.41, 5.74) is 9.21. The maximum Gasteiger partial charge on any atom is 0.119 e. The van der Waals surface area contributed by atoms with E-state index in [2.05, 4.69) is 25.1 Å². The van der Waals surface area contributed by atoms with Crippen LogP contribution in [0.3, 0.4) is 0 Å². The van der Waals surface area contributed by atoms with Crippen LogP contribution in [0, 0.1) is 36.5 Å². The molecule has 1 aromatic carbocycles. The van der Waals surface area contributed by atoms with E-state index in [-0.39, 0.29) is 6.04 Å². The summed E-state index contributed by atoms with van der Waals surface area (Å²) in [6, 6.07) is 6.58. The molecule has 0 heterocycles. The molecule has 0 aliphatic heterocycles. The molecule has 5 atom stereocenters. The van der Waals surface area contributed by atoms with Crippen LogP contribution in [-0.4, -0.2) is 7.11 Å². The van der Waals surface area contributed by atoms with Gasteiger partial charge in [0.05, 0.1) is 7.11 Å². The number of hydrogen-bond acceptors (Lipinski definition) is 2. The Bertz CT molecular complexity index is 496. The third kappa shape index (κ3) is 1.59. The summed E-state index contributed by atoms with van der Waals surface area (Å²) >= 11 is 0. The average molecular weight is 257 g/mol. The second-order valence-electron chi connectivity index (χ2n) is 6.81. The quantitative estimate of drug-likeness (QED) is 0.901. The topological polar surface area (TPSA) is 35.2 Å². The van der Waals surface area contributed by atoms with Crippen LogP contribution < -0.4 is 10.5 Å². The lowest BCUT2D eigenvalue weighted by Gasteiger charge is -2.19. The van der Waals surface area contributed by atoms with Crippen molar-refractivity contribution in [1.29, 1.82) is 0 Å². The normalized spacial score (nSPS) is 40.1. The van der Waals surface area contributed by atoms with Crippen molar-refractivity contribution in [2.75, 3.05) is 7.11 Å². The number of fused-ring (bicyclic) bond motifs is 5. The summed E-state index contributed by atoms with van der Waals surface area (Å²) in [4.78, 5) is 0. The SMILES string of the molecule is COc1ccc(C(N)C2C3C4CCC(C4)C32)c(C)c1. The van der Waals surface area contributed by atoms with Gasteiger partial charge in [0.15, 0.2) is 0 Å². The molecule has 3 aliphatic carbocycles. The van der Waals surface area contributed by atoms with Gasteiger partial charge in [-0.3, -0.25) is 0 Å². The highest BCUT2D eigenvalue weighted by atomic mass is 16.5. The number of ether oxygens (including phenoxy) is 1. The lowest BCUT2D eigenvalue weighted by atomic mass is 9.91. The molecule has 2 heteroatoms. The minimum atomic E-state index is 0.240. The Hall–Kier alpha value is -1.02. The van der Waals surface area contributed by atoms with Crippen LogP contribution >= 0.6 is 0 Å². The van der Waals surface area contributed by atoms with E-state index >= 15 is 0 Å². The third-order valence-electron chi connectivity index (χ3n) is 6.05. The average Bonchev–Trinajstić information content (AvgIpc) is 2.86. The van der Waals surface area contributed by atoms with Gasteiger partial charge in [0.25, 0.3) is 0 Å². The van der Waals surface area contributed by atoms with E-state index in [1.54, 1.807) is 7.11 Å². The van der Waals surface area contributed by atoms with Crippen molar-refractivity contribution in [3.63, 3.8) is 0 Å². The highest BCUT2D eigenvalue weighted by molar-refractivity contribution is 5.38. The molecule has 0 aromatic heterocycles. The smallest absolute Gasteiger partial charge is 0.119 e. The van der Waals surface area contributed by atoms with Gasteiger partial charge in [-0.2, -0.15) is 0 Å². The standard InChI is InChI=1S/C17H23NO/c1-9-7-12(19-2)5-6-13(9)17(18)16-14-10-3-4-11(8-10)15(14)16/h5-7,10-11,14-17H,3-4,8,18H2,1-2H3. The molecule has 0 spiro atoms. The van der Waals surface area contributed by atoms with Crippen LogP contribution in [0.5, 0.6) is 5.75 Å². The summed E-state index contributed by atoms with van der Waals surface area (Å²) in [6.07, 6.45) is 4.44. The number of rotatable bonds is 3. The zero-order chi connectivity index (χ0) is 13.1. The van der Waals surface area contributed by atoms with Crippen LogP contribution in [0.15, 0.2) is 18.2 Å². The highest BCUT2D eigenvalue weighted by Crippen LogP contribution is 2.71. The van der Waals surface area contributed by atoms with Crippen LogP contribution in [-0.2, 0) is 0 Å². The molecule has 0 amide bonds. The van der Waals surface area contributed by atoms with Crippen LogP contribution in [0.25, 0.3) is 0 Å². The van der Waals surface area contributed by atoms with Crippen molar-refractivity contribution in [2.24, 2.45) is 35.3 Å². The second kappa shape index (κ2) is 3.99. The molecule has 4 rings (SSSR count). The Morgan fingerprint density at radius 2 is 1.89 bits per heavy atom. The fourth-order valence-electron chi connectivity index (χ4n) is 5.23. The van der Waals surface area contributed by atoms with Crippen LogP contribution in [0.1, 0.15) is 36.4 Å². The van der Waals surface area contributed by atoms with E-state index < -0.39 is 0 Å². The largest absolute Gasteiger partial charge is 0.497 e. The number of benzene rings is 1. The maximum absolute atomic E-state index is 6.59. The summed E-state index contributed by atoms with van der Waals surface area (Å²) in [7, 11) is 1.72. The molecule has 3 saturated carbocycles. The molecule has 0 radical (unpaired) electrons. The first-order valence-corrected chi connectivity index (χ1v) is 7.61. The molecule has 1 aromatic rings. The van der Waals surface area contributed by atoms with Gasteiger partial charge in [-0.1, -0.05) is 6.07 Å². The van der Waals surface area contributed by atoms with Gasteiger partial charge in [-0.15, -0.1) is 0 Å². The molecular weight excluding hydrogens is 234 g/mol. The van der Waals surface area contributed by atoms with Gasteiger partial charge in [0.1, 0.15) is 5.75 Å². The zero-order valence-electron chi connectivity index (χ0n) is 11.8. The Balaban J connectivity index is 1.57. The number of aryl methyl sites for hydroxylation is 1.